The summed E-state index contributed by atoms with van der Waals surface area (Å²) >= 11 is 0. The van der Waals surface area contributed by atoms with E-state index in [2.05, 4.69) is 20.8 Å². The highest BCUT2D eigenvalue weighted by atomic mass is 16.5. The van der Waals surface area contributed by atoms with Crippen molar-refractivity contribution in [2.75, 3.05) is 0 Å². The Bertz CT molecular complexity index is 2260. The van der Waals surface area contributed by atoms with E-state index in [0.29, 0.717) is 44.2 Å². The molecule has 0 aliphatic heterocycles. The lowest BCUT2D eigenvalue weighted by atomic mass is 9.85. The third-order valence-corrected chi connectivity index (χ3v) is 8.15. The zero-order valence-corrected chi connectivity index (χ0v) is 24.8. The summed E-state index contributed by atoms with van der Waals surface area (Å²) < 4.78 is 12.5. The van der Waals surface area contributed by atoms with Gasteiger partial charge in [0.15, 0.2) is 0 Å². The van der Waals surface area contributed by atoms with Crippen molar-refractivity contribution in [3.8, 4) is 11.5 Å². The number of carbonyl (C=O) groups excluding carboxylic acids is 2. The van der Waals surface area contributed by atoms with Crippen molar-refractivity contribution in [1.82, 2.24) is 0 Å². The molecule has 7 aromatic rings. The minimum absolute atomic E-state index is 0.165. The summed E-state index contributed by atoms with van der Waals surface area (Å²) in [5, 5.41) is 6.77. The maximum absolute atomic E-state index is 13.7. The first-order valence-corrected chi connectivity index (χ1v) is 14.7. The molecule has 0 saturated carbocycles. The molecule has 0 amide bonds. The Morgan fingerprint density at radius 2 is 0.886 bits per heavy atom. The number of esters is 2. The Morgan fingerprint density at radius 3 is 1.39 bits per heavy atom. The summed E-state index contributed by atoms with van der Waals surface area (Å²) in [5.74, 6) is -0.0441. The second-order valence-corrected chi connectivity index (χ2v) is 12.1. The van der Waals surface area contributed by atoms with Crippen LogP contribution in [0.3, 0.4) is 0 Å². The van der Waals surface area contributed by atoms with Gasteiger partial charge in [0, 0.05) is 21.5 Å². The number of rotatable bonds is 4. The maximum atomic E-state index is 13.7. The normalized spacial score (nSPS) is 11.7. The van der Waals surface area contributed by atoms with Gasteiger partial charge in [0.25, 0.3) is 0 Å². The van der Waals surface area contributed by atoms with Gasteiger partial charge in [0.1, 0.15) is 11.5 Å². The molecule has 214 valence electrons. The van der Waals surface area contributed by atoms with Gasteiger partial charge in [-0.2, -0.15) is 0 Å². The summed E-state index contributed by atoms with van der Waals surface area (Å²) in [6.07, 6.45) is 0. The molecule has 7 rings (SSSR count). The Balaban J connectivity index is 1.38. The molecule has 0 saturated heterocycles. The highest BCUT2D eigenvalue weighted by molar-refractivity contribution is 6.14. The Kier molecular flexibility index (Phi) is 6.63. The van der Waals surface area contributed by atoms with Crippen LogP contribution in [-0.4, -0.2) is 11.9 Å². The van der Waals surface area contributed by atoms with Crippen LogP contribution in [0.25, 0.3) is 43.1 Å². The van der Waals surface area contributed by atoms with Crippen LogP contribution in [0.5, 0.6) is 11.5 Å². The minimum Gasteiger partial charge on any atom is -0.422 e. The average Bonchev–Trinajstić information content (AvgIpc) is 3.04. The molecule has 0 aliphatic carbocycles. The number of hydrogen-bond donors (Lipinski definition) is 0. The fourth-order valence-corrected chi connectivity index (χ4v) is 5.72. The standard InChI is InChI=1S/C40H30O4/c1-40(2,3)31-20-21-34-35(24-31)37(44-39(42)30-19-17-26-11-5-7-13-28(26)23-30)33-15-9-8-14-32(33)36(34)43-38(41)29-18-16-25-10-4-6-12-27(25)22-29/h4-24H,1-3H3. The van der Waals surface area contributed by atoms with E-state index in [0.717, 1.165) is 27.1 Å². The van der Waals surface area contributed by atoms with Gasteiger partial charge in [-0.25, -0.2) is 9.59 Å². The number of carbonyl (C=O) groups is 2. The molecule has 4 heteroatoms. The van der Waals surface area contributed by atoms with Crippen LogP contribution in [0, 0.1) is 0 Å². The lowest BCUT2D eigenvalue weighted by Gasteiger charge is -2.22. The molecule has 0 atom stereocenters. The smallest absolute Gasteiger partial charge is 0.343 e. The molecule has 0 N–H and O–H groups in total. The predicted octanol–water partition coefficient (Wildman–Crippen LogP) is 10.0. The summed E-state index contributed by atoms with van der Waals surface area (Å²) in [6.45, 7) is 6.41. The number of fused-ring (bicyclic) bond motifs is 4. The van der Waals surface area contributed by atoms with Gasteiger partial charge >= 0.3 is 11.9 Å². The van der Waals surface area contributed by atoms with Crippen LogP contribution in [0.2, 0.25) is 0 Å². The van der Waals surface area contributed by atoms with E-state index in [-0.39, 0.29) is 5.41 Å². The molecule has 0 heterocycles. The molecule has 0 unspecified atom stereocenters. The van der Waals surface area contributed by atoms with Crippen LogP contribution >= 0.6 is 0 Å². The minimum atomic E-state index is -0.456. The highest BCUT2D eigenvalue weighted by Crippen LogP contribution is 2.44. The first-order chi connectivity index (χ1) is 21.3. The largest absolute Gasteiger partial charge is 0.422 e. The molecule has 0 aliphatic rings. The quantitative estimate of drug-likeness (QED) is 0.119. The van der Waals surface area contributed by atoms with Gasteiger partial charge < -0.3 is 9.47 Å². The van der Waals surface area contributed by atoms with Crippen molar-refractivity contribution in [1.29, 1.82) is 0 Å². The van der Waals surface area contributed by atoms with Gasteiger partial charge in [-0.3, -0.25) is 0 Å². The van der Waals surface area contributed by atoms with E-state index < -0.39 is 11.9 Å². The lowest BCUT2D eigenvalue weighted by molar-refractivity contribution is 0.0726. The second-order valence-electron chi connectivity index (χ2n) is 12.1. The number of hydrogen-bond acceptors (Lipinski definition) is 4. The van der Waals surface area contributed by atoms with E-state index >= 15 is 0 Å². The van der Waals surface area contributed by atoms with E-state index in [1.807, 2.05) is 115 Å². The molecule has 0 radical (unpaired) electrons. The van der Waals surface area contributed by atoms with Crippen molar-refractivity contribution in [2.45, 2.75) is 26.2 Å². The van der Waals surface area contributed by atoms with E-state index in [9.17, 15) is 9.59 Å². The molecule has 0 spiro atoms. The summed E-state index contributed by atoms with van der Waals surface area (Å²) in [4.78, 5) is 27.3. The third-order valence-electron chi connectivity index (χ3n) is 8.15. The molecule has 44 heavy (non-hydrogen) atoms. The summed E-state index contributed by atoms with van der Waals surface area (Å²) in [7, 11) is 0. The number of benzene rings is 7. The van der Waals surface area contributed by atoms with E-state index in [1.54, 1.807) is 12.1 Å². The Hall–Kier alpha value is -5.48. The van der Waals surface area contributed by atoms with E-state index in [1.165, 1.54) is 0 Å². The van der Waals surface area contributed by atoms with Crippen LogP contribution < -0.4 is 9.47 Å². The predicted molar refractivity (Wildman–Crippen MR) is 178 cm³/mol. The fourth-order valence-electron chi connectivity index (χ4n) is 5.72. The highest BCUT2D eigenvalue weighted by Gasteiger charge is 2.24. The molecule has 0 bridgehead atoms. The third kappa shape index (κ3) is 4.95. The molecule has 7 aromatic carbocycles. The fraction of sp³-hybridized carbons (Fsp3) is 0.100. The maximum Gasteiger partial charge on any atom is 0.343 e. The SMILES string of the molecule is CC(C)(C)c1ccc2c(OC(=O)c3ccc4ccccc4c3)c3ccccc3c(OC(=O)c3ccc4ccccc4c3)c2c1. The van der Waals surface area contributed by atoms with Crippen molar-refractivity contribution in [3.05, 3.63) is 144 Å². The van der Waals surface area contributed by atoms with Gasteiger partial charge in [-0.1, -0.05) is 118 Å². The topological polar surface area (TPSA) is 52.6 Å². The lowest BCUT2D eigenvalue weighted by Crippen LogP contribution is -2.13. The zero-order valence-electron chi connectivity index (χ0n) is 24.8. The molecule has 4 nitrogen and oxygen atoms in total. The Labute approximate surface area is 255 Å². The average molecular weight is 575 g/mol. The summed E-state index contributed by atoms with van der Waals surface area (Å²) in [6, 6.07) is 40.5. The van der Waals surface area contributed by atoms with Crippen LogP contribution in [0.15, 0.2) is 127 Å². The van der Waals surface area contributed by atoms with Gasteiger partial charge in [0.05, 0.1) is 11.1 Å². The summed E-state index contributed by atoms with van der Waals surface area (Å²) in [5.41, 5.74) is 1.82. The van der Waals surface area contributed by atoms with Crippen LogP contribution in [0.4, 0.5) is 0 Å². The van der Waals surface area contributed by atoms with Crippen molar-refractivity contribution >= 4 is 55.0 Å². The molecule has 0 aromatic heterocycles. The van der Waals surface area contributed by atoms with Gasteiger partial charge in [0.2, 0.25) is 0 Å². The van der Waals surface area contributed by atoms with Gasteiger partial charge in [-0.15, -0.1) is 0 Å². The van der Waals surface area contributed by atoms with E-state index in [4.69, 9.17) is 9.47 Å². The van der Waals surface area contributed by atoms with Crippen molar-refractivity contribution < 1.29 is 19.1 Å². The molecule has 0 fully saturated rings. The van der Waals surface area contributed by atoms with Crippen molar-refractivity contribution in [2.24, 2.45) is 0 Å². The zero-order chi connectivity index (χ0) is 30.4. The second kappa shape index (κ2) is 10.7. The first-order valence-electron chi connectivity index (χ1n) is 14.7. The van der Waals surface area contributed by atoms with Gasteiger partial charge in [-0.05, 0) is 62.9 Å². The van der Waals surface area contributed by atoms with Crippen molar-refractivity contribution in [3.63, 3.8) is 0 Å². The molecular formula is C40H30O4. The van der Waals surface area contributed by atoms with Crippen LogP contribution in [-0.2, 0) is 5.41 Å². The number of ether oxygens (including phenoxy) is 2. The van der Waals surface area contributed by atoms with Crippen LogP contribution in [0.1, 0.15) is 47.1 Å². The first kappa shape index (κ1) is 27.4. The monoisotopic (exact) mass is 574 g/mol. The Morgan fingerprint density at radius 1 is 0.455 bits per heavy atom. The molecular weight excluding hydrogens is 544 g/mol.